The van der Waals surface area contributed by atoms with Crippen molar-refractivity contribution in [1.29, 1.82) is 5.26 Å². The molecule has 2 amide bonds. The number of nitrogens with two attached hydrogens (primary N) is 1. The van der Waals surface area contributed by atoms with Gasteiger partial charge in [0.15, 0.2) is 6.61 Å². The average molecular weight is 319 g/mol. The highest BCUT2D eigenvalue weighted by Crippen LogP contribution is 2.03. The van der Waals surface area contributed by atoms with Gasteiger partial charge >= 0.3 is 12.1 Å². The van der Waals surface area contributed by atoms with Crippen LogP contribution in [0.4, 0.5) is 4.79 Å². The number of hydrogen-bond donors (Lipinski definition) is 2. The Hall–Kier alpha value is -3.08. The lowest BCUT2D eigenvalue weighted by molar-refractivity contribution is -0.144. The predicted molar refractivity (Wildman–Crippen MR) is 78.6 cm³/mol. The molecule has 0 unspecified atom stereocenters. The molecular weight excluding hydrogens is 302 g/mol. The number of ether oxygens (including phenoxy) is 2. The highest BCUT2D eigenvalue weighted by atomic mass is 16.6. The summed E-state index contributed by atoms with van der Waals surface area (Å²) in [4.78, 5) is 34.3. The normalized spacial score (nSPS) is 10.9. The van der Waals surface area contributed by atoms with Crippen molar-refractivity contribution in [3.8, 4) is 6.07 Å². The zero-order valence-electron chi connectivity index (χ0n) is 12.4. The Morgan fingerprint density at radius 3 is 2.52 bits per heavy atom. The zero-order chi connectivity index (χ0) is 17.1. The van der Waals surface area contributed by atoms with E-state index in [9.17, 15) is 14.4 Å². The van der Waals surface area contributed by atoms with E-state index in [1.807, 2.05) is 6.07 Å². The maximum Gasteiger partial charge on any atom is 0.408 e. The number of benzene rings is 1. The molecule has 1 atom stereocenters. The van der Waals surface area contributed by atoms with Crippen molar-refractivity contribution in [1.82, 2.24) is 5.32 Å². The minimum Gasteiger partial charge on any atom is -0.449 e. The summed E-state index contributed by atoms with van der Waals surface area (Å²) in [6.45, 7) is -0.422. The second-order valence-corrected chi connectivity index (χ2v) is 4.53. The molecule has 0 spiro atoms. The number of nitrogens with one attached hydrogen (secondary N) is 1. The maximum atomic E-state index is 11.7. The Labute approximate surface area is 133 Å². The minimum atomic E-state index is -1.11. The number of alkyl carbamates (subject to hydrolysis) is 1. The van der Waals surface area contributed by atoms with E-state index in [-0.39, 0.29) is 19.4 Å². The molecule has 0 aliphatic heterocycles. The number of nitriles is 1. The summed E-state index contributed by atoms with van der Waals surface area (Å²) in [7, 11) is 0. The summed E-state index contributed by atoms with van der Waals surface area (Å²) in [6.07, 6.45) is -0.997. The van der Waals surface area contributed by atoms with Gasteiger partial charge in [-0.3, -0.25) is 4.79 Å². The van der Waals surface area contributed by atoms with Crippen LogP contribution in [-0.2, 0) is 25.7 Å². The second kappa shape index (κ2) is 9.78. The van der Waals surface area contributed by atoms with Crippen molar-refractivity contribution in [2.45, 2.75) is 25.5 Å². The lowest BCUT2D eigenvalue weighted by atomic mass is 10.1. The van der Waals surface area contributed by atoms with Crippen molar-refractivity contribution in [2.75, 3.05) is 6.61 Å². The summed E-state index contributed by atoms with van der Waals surface area (Å²) < 4.78 is 9.61. The zero-order valence-corrected chi connectivity index (χ0v) is 12.4. The molecule has 23 heavy (non-hydrogen) atoms. The van der Waals surface area contributed by atoms with E-state index in [0.29, 0.717) is 0 Å². The first-order valence-corrected chi connectivity index (χ1v) is 6.82. The van der Waals surface area contributed by atoms with Gasteiger partial charge in [-0.25, -0.2) is 9.59 Å². The molecule has 0 bridgehead atoms. The smallest absolute Gasteiger partial charge is 0.408 e. The van der Waals surface area contributed by atoms with Gasteiger partial charge in [0.1, 0.15) is 18.7 Å². The van der Waals surface area contributed by atoms with Crippen molar-refractivity contribution in [2.24, 2.45) is 5.73 Å². The highest BCUT2D eigenvalue weighted by Gasteiger charge is 2.23. The van der Waals surface area contributed by atoms with Crippen LogP contribution in [0, 0.1) is 11.3 Å². The van der Waals surface area contributed by atoms with Gasteiger partial charge in [-0.15, -0.1) is 0 Å². The van der Waals surface area contributed by atoms with Crippen molar-refractivity contribution in [3.63, 3.8) is 0 Å². The number of hydrogen-bond acceptors (Lipinski definition) is 6. The van der Waals surface area contributed by atoms with Gasteiger partial charge in [-0.05, 0) is 12.0 Å². The van der Waals surface area contributed by atoms with Gasteiger partial charge in [0.25, 0.3) is 0 Å². The van der Waals surface area contributed by atoms with Crippen LogP contribution >= 0.6 is 0 Å². The summed E-state index contributed by atoms with van der Waals surface area (Å²) in [6, 6.07) is 9.50. The first-order valence-electron chi connectivity index (χ1n) is 6.82. The molecule has 1 aromatic rings. The third-order valence-electron chi connectivity index (χ3n) is 2.75. The van der Waals surface area contributed by atoms with Crippen molar-refractivity contribution >= 4 is 18.0 Å². The largest absolute Gasteiger partial charge is 0.449 e. The fourth-order valence-corrected chi connectivity index (χ4v) is 1.65. The first-order chi connectivity index (χ1) is 11.0. The summed E-state index contributed by atoms with van der Waals surface area (Å²) >= 11 is 0. The Kier molecular flexibility index (Phi) is 7.64. The standard InChI is InChI=1S/C15H17N3O5/c16-8-9-22-14(20)12(6-7-13(17)19)18-15(21)23-10-11-4-2-1-3-5-11/h1-5,12H,6-7,9-10H2,(H2,17,19)(H,18,21)/t12-/m0/s1. The van der Waals surface area contributed by atoms with Gasteiger partial charge in [0.05, 0.1) is 0 Å². The predicted octanol–water partition coefficient (Wildman–Crippen LogP) is 0.614. The SMILES string of the molecule is N#CCOC(=O)[C@H](CCC(N)=O)NC(=O)OCc1ccccc1. The molecule has 0 radical (unpaired) electrons. The summed E-state index contributed by atoms with van der Waals surface area (Å²) in [5.74, 6) is -1.45. The van der Waals surface area contributed by atoms with Crippen LogP contribution in [0.5, 0.6) is 0 Å². The molecule has 0 saturated carbocycles. The molecule has 8 heteroatoms. The molecular formula is C15H17N3O5. The number of primary amides is 1. The van der Waals surface area contributed by atoms with Crippen molar-refractivity contribution < 1.29 is 23.9 Å². The number of amides is 2. The van der Waals surface area contributed by atoms with E-state index in [0.717, 1.165) is 5.56 Å². The quantitative estimate of drug-likeness (QED) is 0.675. The van der Waals surface area contributed by atoms with Gasteiger partial charge in [-0.2, -0.15) is 5.26 Å². The molecule has 1 aromatic carbocycles. The minimum absolute atomic E-state index is 0.0302. The van der Waals surface area contributed by atoms with Gasteiger partial charge in [-0.1, -0.05) is 30.3 Å². The Bertz CT molecular complexity index is 583. The van der Waals surface area contributed by atoms with Gasteiger partial charge < -0.3 is 20.5 Å². The van der Waals surface area contributed by atoms with E-state index in [4.69, 9.17) is 15.7 Å². The molecule has 0 aliphatic carbocycles. The third-order valence-corrected chi connectivity index (χ3v) is 2.75. The number of rotatable bonds is 8. The summed E-state index contributed by atoms with van der Waals surface area (Å²) in [5, 5.41) is 10.7. The molecule has 0 saturated heterocycles. The third kappa shape index (κ3) is 7.47. The first kappa shape index (κ1) is 18.0. The number of carbonyl (C=O) groups excluding carboxylic acids is 3. The molecule has 122 valence electrons. The Morgan fingerprint density at radius 2 is 1.91 bits per heavy atom. The maximum absolute atomic E-state index is 11.7. The monoisotopic (exact) mass is 319 g/mol. The van der Waals surface area contributed by atoms with Crippen molar-refractivity contribution in [3.05, 3.63) is 35.9 Å². The molecule has 0 aliphatic rings. The fourth-order valence-electron chi connectivity index (χ4n) is 1.65. The molecule has 0 fully saturated rings. The van der Waals surface area contributed by atoms with Crippen LogP contribution in [0.25, 0.3) is 0 Å². The molecule has 1 rings (SSSR count). The van der Waals surface area contributed by atoms with E-state index >= 15 is 0 Å². The van der Waals surface area contributed by atoms with E-state index in [1.54, 1.807) is 30.3 Å². The number of carbonyl (C=O) groups is 3. The Morgan fingerprint density at radius 1 is 1.22 bits per heavy atom. The molecule has 3 N–H and O–H groups in total. The highest BCUT2D eigenvalue weighted by molar-refractivity contribution is 5.82. The summed E-state index contributed by atoms with van der Waals surface area (Å²) in [5.41, 5.74) is 5.80. The van der Waals surface area contributed by atoms with Crippen LogP contribution in [0.15, 0.2) is 30.3 Å². The van der Waals surface area contributed by atoms with E-state index in [2.05, 4.69) is 10.1 Å². The molecule has 0 aromatic heterocycles. The van der Waals surface area contributed by atoms with E-state index < -0.39 is 30.6 Å². The fraction of sp³-hybridized carbons (Fsp3) is 0.333. The topological polar surface area (TPSA) is 132 Å². The number of nitrogens with zero attached hydrogens (tertiary/aromatic N) is 1. The number of esters is 1. The Balaban J connectivity index is 2.53. The second-order valence-electron chi connectivity index (χ2n) is 4.53. The lowest BCUT2D eigenvalue weighted by Crippen LogP contribution is -2.42. The van der Waals surface area contributed by atoms with Gasteiger partial charge in [0.2, 0.25) is 5.91 Å². The van der Waals surface area contributed by atoms with Crippen LogP contribution in [0.2, 0.25) is 0 Å². The lowest BCUT2D eigenvalue weighted by Gasteiger charge is -2.16. The van der Waals surface area contributed by atoms with Crippen LogP contribution in [-0.4, -0.2) is 30.6 Å². The molecule has 8 nitrogen and oxygen atoms in total. The van der Waals surface area contributed by atoms with Crippen LogP contribution in [0.3, 0.4) is 0 Å². The average Bonchev–Trinajstić information content (AvgIpc) is 2.55. The van der Waals surface area contributed by atoms with E-state index in [1.165, 1.54) is 0 Å². The van der Waals surface area contributed by atoms with Crippen LogP contribution < -0.4 is 11.1 Å². The van der Waals surface area contributed by atoms with Gasteiger partial charge in [0, 0.05) is 6.42 Å². The van der Waals surface area contributed by atoms with Crippen LogP contribution in [0.1, 0.15) is 18.4 Å². The molecule has 0 heterocycles.